The molecular formula is C15H19N5O3S. The summed E-state index contributed by atoms with van der Waals surface area (Å²) in [5.41, 5.74) is 1.38. The first-order chi connectivity index (χ1) is 11.6. The van der Waals surface area contributed by atoms with Gasteiger partial charge in [0.05, 0.1) is 19.3 Å². The van der Waals surface area contributed by atoms with Crippen LogP contribution in [0.2, 0.25) is 0 Å². The van der Waals surface area contributed by atoms with Crippen molar-refractivity contribution in [1.29, 1.82) is 0 Å². The van der Waals surface area contributed by atoms with Crippen LogP contribution < -0.4 is 15.4 Å². The molecule has 2 heterocycles. The van der Waals surface area contributed by atoms with E-state index in [1.807, 2.05) is 0 Å². The molecule has 0 fully saturated rings. The Bertz CT molecular complexity index is 744. The number of nitrogens with zero attached hydrogens (tertiary/aromatic N) is 3. The van der Waals surface area contributed by atoms with Crippen molar-refractivity contribution in [3.63, 3.8) is 0 Å². The molecule has 8 nitrogen and oxygen atoms in total. The zero-order valence-electron chi connectivity index (χ0n) is 13.6. The second-order valence-corrected chi connectivity index (χ2v) is 6.64. The lowest BCUT2D eigenvalue weighted by Crippen LogP contribution is -2.32. The number of amides is 2. The van der Waals surface area contributed by atoms with Gasteiger partial charge < -0.3 is 15.4 Å². The van der Waals surface area contributed by atoms with Gasteiger partial charge in [0.15, 0.2) is 5.13 Å². The number of anilines is 1. The third kappa shape index (κ3) is 3.56. The third-order valence-corrected chi connectivity index (χ3v) is 4.81. The van der Waals surface area contributed by atoms with Crippen molar-refractivity contribution in [2.75, 3.05) is 19.0 Å². The van der Waals surface area contributed by atoms with Crippen LogP contribution in [0.5, 0.6) is 5.88 Å². The van der Waals surface area contributed by atoms with Crippen LogP contribution in [0.25, 0.3) is 0 Å². The van der Waals surface area contributed by atoms with E-state index in [-0.39, 0.29) is 23.9 Å². The van der Waals surface area contributed by atoms with Crippen molar-refractivity contribution in [3.05, 3.63) is 22.3 Å². The highest BCUT2D eigenvalue weighted by Gasteiger charge is 2.19. The normalized spacial score (nSPS) is 13.2. The molecule has 24 heavy (non-hydrogen) atoms. The zero-order chi connectivity index (χ0) is 17.1. The molecule has 1 aliphatic rings. The summed E-state index contributed by atoms with van der Waals surface area (Å²) < 4.78 is 6.51. The van der Waals surface area contributed by atoms with Gasteiger partial charge in [0.1, 0.15) is 5.56 Å². The minimum absolute atomic E-state index is 0.138. The second-order valence-electron chi connectivity index (χ2n) is 5.55. The predicted molar refractivity (Wildman–Crippen MR) is 89.5 cm³/mol. The Morgan fingerprint density at radius 2 is 2.17 bits per heavy atom. The first kappa shape index (κ1) is 16.4. The van der Waals surface area contributed by atoms with Gasteiger partial charge >= 0.3 is 0 Å². The van der Waals surface area contributed by atoms with Crippen LogP contribution in [0, 0.1) is 0 Å². The molecule has 2 amide bonds. The van der Waals surface area contributed by atoms with Crippen molar-refractivity contribution in [3.8, 4) is 5.88 Å². The quantitative estimate of drug-likeness (QED) is 0.843. The smallest absolute Gasteiger partial charge is 0.258 e. The molecule has 0 radical (unpaired) electrons. The van der Waals surface area contributed by atoms with E-state index in [1.165, 1.54) is 34.4 Å². The van der Waals surface area contributed by atoms with Gasteiger partial charge in [-0.2, -0.15) is 0 Å². The number of methoxy groups -OCH3 is 1. The molecular weight excluding hydrogens is 330 g/mol. The van der Waals surface area contributed by atoms with Crippen LogP contribution in [0.3, 0.4) is 0 Å². The van der Waals surface area contributed by atoms with E-state index < -0.39 is 5.91 Å². The van der Waals surface area contributed by atoms with Gasteiger partial charge in [-0.15, -0.1) is 16.4 Å². The summed E-state index contributed by atoms with van der Waals surface area (Å²) in [6.45, 7) is -0.138. The summed E-state index contributed by atoms with van der Waals surface area (Å²) in [6.07, 6.45) is 5.86. The Hall–Kier alpha value is -2.42. The molecule has 9 heteroatoms. The second kappa shape index (κ2) is 7.00. The van der Waals surface area contributed by atoms with Gasteiger partial charge in [-0.25, -0.2) is 4.98 Å². The SMILES string of the molecule is COc1nn(C)cc1C(=O)NCC(=O)Nc1nc2c(s1)CCCC2. The Morgan fingerprint density at radius 3 is 2.92 bits per heavy atom. The van der Waals surface area contributed by atoms with Gasteiger partial charge in [0.2, 0.25) is 11.8 Å². The Labute approximate surface area is 143 Å². The monoisotopic (exact) mass is 349 g/mol. The average Bonchev–Trinajstić information content (AvgIpc) is 3.14. The Morgan fingerprint density at radius 1 is 1.38 bits per heavy atom. The van der Waals surface area contributed by atoms with Crippen molar-refractivity contribution in [2.45, 2.75) is 25.7 Å². The molecule has 2 N–H and O–H groups in total. The molecule has 0 atom stereocenters. The van der Waals surface area contributed by atoms with Crippen LogP contribution in [0.1, 0.15) is 33.8 Å². The maximum absolute atomic E-state index is 12.1. The van der Waals surface area contributed by atoms with Gasteiger partial charge in [-0.05, 0) is 25.7 Å². The Kier molecular flexibility index (Phi) is 4.79. The fourth-order valence-corrected chi connectivity index (χ4v) is 3.67. The molecule has 3 rings (SSSR count). The molecule has 0 saturated carbocycles. The Balaban J connectivity index is 1.55. The molecule has 128 valence electrons. The number of thiazole rings is 1. The van der Waals surface area contributed by atoms with Gasteiger partial charge in [0, 0.05) is 18.1 Å². The number of carbonyl (C=O) groups is 2. The number of hydrogen-bond acceptors (Lipinski definition) is 6. The fraction of sp³-hybridized carbons (Fsp3) is 0.467. The number of carbonyl (C=O) groups excluding carboxylic acids is 2. The summed E-state index contributed by atoms with van der Waals surface area (Å²) in [4.78, 5) is 29.8. The first-order valence-electron chi connectivity index (χ1n) is 7.71. The number of nitrogens with one attached hydrogen (secondary N) is 2. The van der Waals surface area contributed by atoms with E-state index in [0.717, 1.165) is 25.0 Å². The molecule has 0 bridgehead atoms. The zero-order valence-corrected chi connectivity index (χ0v) is 14.4. The number of hydrogen-bond donors (Lipinski definition) is 2. The van der Waals surface area contributed by atoms with Gasteiger partial charge in [0.25, 0.3) is 5.91 Å². The van der Waals surface area contributed by atoms with Crippen molar-refractivity contribution < 1.29 is 14.3 Å². The van der Waals surface area contributed by atoms with Crippen molar-refractivity contribution >= 4 is 28.3 Å². The number of rotatable bonds is 5. The summed E-state index contributed by atoms with van der Waals surface area (Å²) >= 11 is 1.51. The maximum atomic E-state index is 12.1. The average molecular weight is 349 g/mol. The minimum atomic E-state index is -0.409. The highest BCUT2D eigenvalue weighted by molar-refractivity contribution is 7.15. The molecule has 0 spiro atoms. The summed E-state index contributed by atoms with van der Waals surface area (Å²) in [5.74, 6) is -0.492. The van der Waals surface area contributed by atoms with Gasteiger partial charge in [-0.3, -0.25) is 14.3 Å². The predicted octanol–water partition coefficient (Wildman–Crippen LogP) is 1.13. The van der Waals surface area contributed by atoms with E-state index in [2.05, 4.69) is 20.7 Å². The minimum Gasteiger partial charge on any atom is -0.479 e. The highest BCUT2D eigenvalue weighted by Crippen LogP contribution is 2.29. The lowest BCUT2D eigenvalue weighted by molar-refractivity contribution is -0.115. The van der Waals surface area contributed by atoms with Crippen LogP contribution >= 0.6 is 11.3 Å². The van der Waals surface area contributed by atoms with E-state index >= 15 is 0 Å². The largest absolute Gasteiger partial charge is 0.479 e. The third-order valence-electron chi connectivity index (χ3n) is 3.73. The molecule has 1 aliphatic carbocycles. The van der Waals surface area contributed by atoms with E-state index in [0.29, 0.717) is 5.13 Å². The molecule has 0 aliphatic heterocycles. The molecule has 2 aromatic rings. The lowest BCUT2D eigenvalue weighted by Gasteiger charge is -2.06. The summed E-state index contributed by atoms with van der Waals surface area (Å²) in [7, 11) is 3.13. The topological polar surface area (TPSA) is 98.1 Å². The molecule has 2 aromatic heterocycles. The fourth-order valence-electron chi connectivity index (χ4n) is 2.60. The van der Waals surface area contributed by atoms with E-state index in [9.17, 15) is 9.59 Å². The standard InChI is InChI=1S/C15H19N5O3S/c1-20-8-9(14(19-20)23-2)13(22)16-7-12(21)18-15-17-10-5-3-4-6-11(10)24-15/h8H,3-7H2,1-2H3,(H,16,22)(H,17,18,21). The lowest BCUT2D eigenvalue weighted by atomic mass is 10.0. The van der Waals surface area contributed by atoms with E-state index in [1.54, 1.807) is 13.2 Å². The van der Waals surface area contributed by atoms with Crippen LogP contribution in [-0.2, 0) is 24.7 Å². The van der Waals surface area contributed by atoms with Crippen LogP contribution in [-0.4, -0.2) is 40.2 Å². The molecule has 0 saturated heterocycles. The van der Waals surface area contributed by atoms with Crippen LogP contribution in [0.15, 0.2) is 6.20 Å². The molecule has 0 aromatic carbocycles. The number of aromatic nitrogens is 3. The maximum Gasteiger partial charge on any atom is 0.258 e. The number of fused-ring (bicyclic) bond motifs is 1. The highest BCUT2D eigenvalue weighted by atomic mass is 32.1. The van der Waals surface area contributed by atoms with Crippen molar-refractivity contribution in [2.24, 2.45) is 7.05 Å². The van der Waals surface area contributed by atoms with Crippen molar-refractivity contribution in [1.82, 2.24) is 20.1 Å². The van der Waals surface area contributed by atoms with Crippen LogP contribution in [0.4, 0.5) is 5.13 Å². The number of aryl methyl sites for hydroxylation is 3. The summed E-state index contributed by atoms with van der Waals surface area (Å²) in [6, 6.07) is 0. The van der Waals surface area contributed by atoms with Gasteiger partial charge in [-0.1, -0.05) is 0 Å². The van der Waals surface area contributed by atoms with E-state index in [4.69, 9.17) is 4.74 Å². The number of ether oxygens (including phenoxy) is 1. The molecule has 0 unspecified atom stereocenters. The summed E-state index contributed by atoms with van der Waals surface area (Å²) in [5, 5.41) is 9.91. The first-order valence-corrected chi connectivity index (χ1v) is 8.52.